The maximum absolute atomic E-state index is 11.0. The molecule has 1 aromatic carbocycles. The summed E-state index contributed by atoms with van der Waals surface area (Å²) in [5, 5.41) is 9.61. The minimum absolute atomic E-state index is 0.313. The van der Waals surface area contributed by atoms with Crippen molar-refractivity contribution in [3.8, 4) is 16.2 Å². The molecule has 18 heavy (non-hydrogen) atoms. The van der Waals surface area contributed by atoms with E-state index < -0.39 is 5.97 Å². The molecular weight excluding hydrogens is 340 g/mol. The Bertz CT molecular complexity index is 666. The van der Waals surface area contributed by atoms with Crippen molar-refractivity contribution >= 4 is 44.8 Å². The summed E-state index contributed by atoms with van der Waals surface area (Å²) >= 11 is 10.7. The molecule has 0 fully saturated rings. The molecule has 0 saturated carbocycles. The van der Waals surface area contributed by atoms with Crippen LogP contribution in [0.25, 0.3) is 10.4 Å². The SMILES string of the molecule is O=C(O)c1cc2c(s1)-c1cc(Cl)cc(Br)c1OC2. The fourth-order valence-corrected chi connectivity index (χ4v) is 3.84. The van der Waals surface area contributed by atoms with Gasteiger partial charge < -0.3 is 9.84 Å². The Kier molecular flexibility index (Phi) is 2.84. The molecule has 92 valence electrons. The molecule has 6 heteroatoms. The highest BCUT2D eigenvalue weighted by Crippen LogP contribution is 2.47. The number of ether oxygens (including phenoxy) is 1. The minimum Gasteiger partial charge on any atom is -0.487 e. The van der Waals surface area contributed by atoms with Crippen molar-refractivity contribution in [3.05, 3.63) is 38.1 Å². The fraction of sp³-hybridized carbons (Fsp3) is 0.0833. The van der Waals surface area contributed by atoms with Crippen molar-refractivity contribution in [2.45, 2.75) is 6.61 Å². The number of hydrogen-bond acceptors (Lipinski definition) is 3. The molecule has 2 aromatic rings. The Morgan fingerprint density at radius 1 is 1.44 bits per heavy atom. The van der Waals surface area contributed by atoms with Gasteiger partial charge in [0, 0.05) is 21.0 Å². The van der Waals surface area contributed by atoms with E-state index in [0.29, 0.717) is 22.3 Å². The zero-order valence-electron chi connectivity index (χ0n) is 8.87. The largest absolute Gasteiger partial charge is 0.487 e. The number of carbonyl (C=O) groups is 1. The lowest BCUT2D eigenvalue weighted by Gasteiger charge is -2.19. The molecule has 0 bridgehead atoms. The molecule has 1 aliphatic rings. The van der Waals surface area contributed by atoms with Gasteiger partial charge in [-0.2, -0.15) is 0 Å². The molecule has 1 N–H and O–H groups in total. The molecule has 0 unspecified atom stereocenters. The monoisotopic (exact) mass is 344 g/mol. The van der Waals surface area contributed by atoms with Crippen LogP contribution in [0.3, 0.4) is 0 Å². The molecule has 3 nitrogen and oxygen atoms in total. The van der Waals surface area contributed by atoms with E-state index >= 15 is 0 Å². The van der Waals surface area contributed by atoms with Crippen LogP contribution in [0.5, 0.6) is 5.75 Å². The number of fused-ring (bicyclic) bond motifs is 3. The van der Waals surface area contributed by atoms with Crippen molar-refractivity contribution < 1.29 is 14.6 Å². The lowest BCUT2D eigenvalue weighted by Crippen LogP contribution is -2.03. The van der Waals surface area contributed by atoms with E-state index in [0.717, 1.165) is 20.5 Å². The number of rotatable bonds is 1. The van der Waals surface area contributed by atoms with Gasteiger partial charge in [-0.25, -0.2) is 4.79 Å². The highest BCUT2D eigenvalue weighted by atomic mass is 79.9. The van der Waals surface area contributed by atoms with E-state index in [4.69, 9.17) is 21.4 Å². The first-order valence-electron chi connectivity index (χ1n) is 5.04. The summed E-state index contributed by atoms with van der Waals surface area (Å²) in [6, 6.07) is 5.21. The van der Waals surface area contributed by atoms with Gasteiger partial charge in [-0.15, -0.1) is 11.3 Å². The van der Waals surface area contributed by atoms with Gasteiger partial charge in [0.1, 0.15) is 17.2 Å². The molecule has 3 rings (SSSR count). The highest BCUT2D eigenvalue weighted by molar-refractivity contribution is 9.10. The summed E-state index contributed by atoms with van der Waals surface area (Å²) in [6.07, 6.45) is 0. The van der Waals surface area contributed by atoms with Crippen molar-refractivity contribution in [1.82, 2.24) is 0 Å². The maximum atomic E-state index is 11.0. The number of hydrogen-bond donors (Lipinski definition) is 1. The average Bonchev–Trinajstić information content (AvgIpc) is 2.72. The molecule has 2 heterocycles. The highest BCUT2D eigenvalue weighted by Gasteiger charge is 2.24. The van der Waals surface area contributed by atoms with Gasteiger partial charge in [-0.05, 0) is 34.1 Å². The van der Waals surface area contributed by atoms with E-state index in [1.165, 1.54) is 11.3 Å². The van der Waals surface area contributed by atoms with Gasteiger partial charge in [0.2, 0.25) is 0 Å². The number of halogens is 2. The van der Waals surface area contributed by atoms with Crippen LogP contribution in [0.4, 0.5) is 0 Å². The zero-order valence-corrected chi connectivity index (χ0v) is 12.0. The van der Waals surface area contributed by atoms with Gasteiger partial charge in [-0.1, -0.05) is 11.6 Å². The molecule has 1 aromatic heterocycles. The molecule has 0 atom stereocenters. The lowest BCUT2D eigenvalue weighted by atomic mass is 10.1. The van der Waals surface area contributed by atoms with Gasteiger partial charge >= 0.3 is 5.97 Å². The van der Waals surface area contributed by atoms with E-state index in [9.17, 15) is 4.79 Å². The summed E-state index contributed by atoms with van der Waals surface area (Å²) in [4.78, 5) is 12.2. The first-order chi connectivity index (χ1) is 8.56. The Balaban J connectivity index is 2.24. The van der Waals surface area contributed by atoms with Crippen LogP contribution < -0.4 is 4.74 Å². The molecule has 0 aliphatic carbocycles. The van der Waals surface area contributed by atoms with Crippen LogP contribution in [0.15, 0.2) is 22.7 Å². The van der Waals surface area contributed by atoms with Gasteiger partial charge in [0.25, 0.3) is 0 Å². The summed E-state index contributed by atoms with van der Waals surface area (Å²) in [5.41, 5.74) is 1.73. The average molecular weight is 346 g/mol. The van der Waals surface area contributed by atoms with Crippen LogP contribution in [0, 0.1) is 0 Å². The van der Waals surface area contributed by atoms with Gasteiger partial charge in [0.15, 0.2) is 0 Å². The summed E-state index contributed by atoms with van der Waals surface area (Å²) in [5.74, 6) is -0.206. The van der Waals surface area contributed by atoms with Crippen molar-refractivity contribution in [2.75, 3.05) is 0 Å². The van der Waals surface area contributed by atoms with Crippen LogP contribution >= 0.6 is 38.9 Å². The molecule has 0 amide bonds. The number of aromatic carboxylic acids is 1. The number of benzene rings is 1. The molecule has 0 saturated heterocycles. The van der Waals surface area contributed by atoms with Crippen molar-refractivity contribution in [2.24, 2.45) is 0 Å². The fourth-order valence-electron chi connectivity index (χ4n) is 1.89. The predicted molar refractivity (Wildman–Crippen MR) is 73.8 cm³/mol. The maximum Gasteiger partial charge on any atom is 0.345 e. The third kappa shape index (κ3) is 1.83. The Morgan fingerprint density at radius 2 is 2.22 bits per heavy atom. The normalized spacial score (nSPS) is 12.6. The molecular formula is C12H6BrClO3S. The van der Waals surface area contributed by atoms with Gasteiger partial charge in [0.05, 0.1) is 4.47 Å². The lowest BCUT2D eigenvalue weighted by molar-refractivity contribution is 0.0702. The Morgan fingerprint density at radius 3 is 2.94 bits per heavy atom. The molecule has 0 radical (unpaired) electrons. The third-order valence-electron chi connectivity index (χ3n) is 2.64. The molecule has 1 aliphatic heterocycles. The minimum atomic E-state index is -0.919. The second-order valence-electron chi connectivity index (χ2n) is 3.82. The van der Waals surface area contributed by atoms with Crippen LogP contribution in [0.1, 0.15) is 15.2 Å². The Hall–Kier alpha value is -1.04. The smallest absolute Gasteiger partial charge is 0.345 e. The van der Waals surface area contributed by atoms with Crippen LogP contribution in [0.2, 0.25) is 5.02 Å². The summed E-state index contributed by atoms with van der Waals surface area (Å²) < 4.78 is 6.42. The first kappa shape index (κ1) is 12.0. The predicted octanol–water partition coefficient (Wildman–Crippen LogP) is 4.42. The Labute approximate surface area is 120 Å². The van der Waals surface area contributed by atoms with Crippen LogP contribution in [-0.4, -0.2) is 11.1 Å². The summed E-state index contributed by atoms with van der Waals surface area (Å²) in [7, 11) is 0. The number of carboxylic acids is 1. The van der Waals surface area contributed by atoms with E-state index in [-0.39, 0.29) is 0 Å². The van der Waals surface area contributed by atoms with E-state index in [1.54, 1.807) is 18.2 Å². The van der Waals surface area contributed by atoms with Gasteiger partial charge in [-0.3, -0.25) is 0 Å². The second kappa shape index (κ2) is 4.26. The quantitative estimate of drug-likeness (QED) is 0.832. The van der Waals surface area contributed by atoms with Crippen molar-refractivity contribution in [3.63, 3.8) is 0 Å². The number of thiophene rings is 1. The van der Waals surface area contributed by atoms with E-state index in [2.05, 4.69) is 15.9 Å². The second-order valence-corrected chi connectivity index (χ2v) is 6.17. The third-order valence-corrected chi connectivity index (χ3v) is 4.65. The zero-order chi connectivity index (χ0) is 12.9. The molecule has 0 spiro atoms. The number of carboxylic acid groups (broad SMARTS) is 1. The van der Waals surface area contributed by atoms with E-state index in [1.807, 2.05) is 0 Å². The van der Waals surface area contributed by atoms with Crippen LogP contribution in [-0.2, 0) is 6.61 Å². The van der Waals surface area contributed by atoms with Crippen molar-refractivity contribution in [1.29, 1.82) is 0 Å². The topological polar surface area (TPSA) is 46.5 Å². The standard InChI is InChI=1S/C12H6BrClO3S/c13-8-3-6(14)2-7-10(8)17-4-5-1-9(12(15)16)18-11(5)7/h1-3H,4H2,(H,15,16). The first-order valence-corrected chi connectivity index (χ1v) is 7.03. The summed E-state index contributed by atoms with van der Waals surface area (Å²) in [6.45, 7) is 0.381.